The van der Waals surface area contributed by atoms with E-state index in [-0.39, 0.29) is 34.2 Å². The molecule has 2 aliphatic heterocycles. The number of aryl methyl sites for hydroxylation is 2. The summed E-state index contributed by atoms with van der Waals surface area (Å²) >= 11 is 7.81. The quantitative estimate of drug-likeness (QED) is 0.333. The summed E-state index contributed by atoms with van der Waals surface area (Å²) in [5.41, 5.74) is 2.38. The van der Waals surface area contributed by atoms with Gasteiger partial charge in [-0.05, 0) is 140 Å². The number of benzene rings is 2. The fourth-order valence-electron chi connectivity index (χ4n) is 11.0. The number of carbonyl (C=O) groups is 2. The van der Waals surface area contributed by atoms with Crippen LogP contribution in [0.2, 0.25) is 0 Å². The van der Waals surface area contributed by atoms with Crippen LogP contribution in [0.4, 0.5) is 0 Å². The third-order valence-electron chi connectivity index (χ3n) is 13.2. The molecule has 0 aromatic heterocycles. The van der Waals surface area contributed by atoms with Gasteiger partial charge < -0.3 is 9.47 Å². The van der Waals surface area contributed by atoms with Gasteiger partial charge in [-0.15, -0.1) is 0 Å². The zero-order valence-electron chi connectivity index (χ0n) is 27.8. The minimum Gasteiger partial charge on any atom is -0.459 e. The van der Waals surface area contributed by atoms with Gasteiger partial charge in [0, 0.05) is 12.8 Å². The number of halogens is 2. The van der Waals surface area contributed by atoms with Crippen LogP contribution in [0.15, 0.2) is 21.1 Å². The molecule has 0 saturated heterocycles. The van der Waals surface area contributed by atoms with E-state index < -0.39 is 11.4 Å². The molecule has 2 spiro atoms. The molecule has 2 heterocycles. The van der Waals surface area contributed by atoms with Gasteiger partial charge >= 0.3 is 0 Å². The van der Waals surface area contributed by atoms with Crippen LogP contribution in [-0.4, -0.2) is 11.6 Å². The molecule has 8 unspecified atom stereocenters. The molecule has 0 radical (unpaired) electrons. The first-order valence-electron chi connectivity index (χ1n) is 17.0. The van der Waals surface area contributed by atoms with E-state index in [1.165, 1.54) is 0 Å². The number of nitrogens with one attached hydrogen (secondary N) is 1. The highest BCUT2D eigenvalue weighted by atomic mass is 79.9. The van der Waals surface area contributed by atoms with Crippen molar-refractivity contribution >= 4 is 43.4 Å². The highest BCUT2D eigenvalue weighted by molar-refractivity contribution is 9.11. The van der Waals surface area contributed by atoms with Crippen LogP contribution in [0.3, 0.4) is 0 Å². The maximum Gasteiger partial charge on any atom is 0.254 e. The van der Waals surface area contributed by atoms with Crippen molar-refractivity contribution < 1.29 is 19.1 Å². The molecule has 240 valence electrons. The summed E-state index contributed by atoms with van der Waals surface area (Å²) in [5, 5.41) is 3.66. The van der Waals surface area contributed by atoms with Gasteiger partial charge in [0.1, 0.15) is 11.5 Å². The van der Waals surface area contributed by atoms with Crippen LogP contribution in [-0.2, 0) is 21.0 Å². The lowest BCUT2D eigenvalue weighted by atomic mass is 9.69. The van der Waals surface area contributed by atoms with Crippen molar-refractivity contribution in [3.63, 3.8) is 0 Å². The van der Waals surface area contributed by atoms with E-state index in [0.29, 0.717) is 48.0 Å². The average molecular weight is 740 g/mol. The van der Waals surface area contributed by atoms with E-state index in [0.717, 1.165) is 68.0 Å². The summed E-state index contributed by atoms with van der Waals surface area (Å²) in [6.07, 6.45) is 4.91. The molecule has 8 atom stereocenters. The van der Waals surface area contributed by atoms with E-state index in [4.69, 9.17) is 9.47 Å². The maximum absolute atomic E-state index is 15.1. The van der Waals surface area contributed by atoms with Crippen LogP contribution in [0, 0.1) is 48.3 Å². The summed E-state index contributed by atoms with van der Waals surface area (Å²) in [7, 11) is 0. The standard InChI is InChI=1S/C38H45Br2NO4/c1-17(2)21-9-11-35(7)15-25(42)37-29-23(27(21)35)13-19(5)31(39)33(29)44-38(41-37)26(43)16-36(8)12-10-22(18(3)4)28(36)24-14-20(6)32(40)34(45-37)30(24)38/h13-14,17-18,21-22,27-28,41H,9-12,15-16H2,1-8H3. The molecule has 8 rings (SSSR count). The van der Waals surface area contributed by atoms with Gasteiger partial charge in [0.15, 0.2) is 11.6 Å². The molecule has 2 bridgehead atoms. The Labute approximate surface area is 284 Å². The Bertz CT molecular complexity index is 1590. The minimum absolute atomic E-state index is 0.0121. The summed E-state index contributed by atoms with van der Waals surface area (Å²) in [5.74, 6) is 3.32. The zero-order chi connectivity index (χ0) is 32.2. The fourth-order valence-corrected chi connectivity index (χ4v) is 11.8. The second kappa shape index (κ2) is 9.47. The Morgan fingerprint density at radius 2 is 1.11 bits per heavy atom. The molecule has 4 aliphatic carbocycles. The number of Topliss-reactive ketones (excluding diaryl/α,β-unsaturated/α-hetero) is 2. The lowest BCUT2D eigenvalue weighted by Crippen LogP contribution is -2.71. The van der Waals surface area contributed by atoms with E-state index in [9.17, 15) is 0 Å². The van der Waals surface area contributed by atoms with Gasteiger partial charge in [-0.3, -0.25) is 9.59 Å². The smallest absolute Gasteiger partial charge is 0.254 e. The number of rotatable bonds is 2. The monoisotopic (exact) mass is 737 g/mol. The Morgan fingerprint density at radius 3 is 1.47 bits per heavy atom. The minimum atomic E-state index is -1.54. The van der Waals surface area contributed by atoms with E-state index in [1.807, 2.05) is 0 Å². The second-order valence-corrected chi connectivity index (χ2v) is 18.2. The van der Waals surface area contributed by atoms with Crippen molar-refractivity contribution in [2.45, 2.75) is 117 Å². The van der Waals surface area contributed by atoms with E-state index >= 15 is 9.59 Å². The molecule has 45 heavy (non-hydrogen) atoms. The van der Waals surface area contributed by atoms with Crippen molar-refractivity contribution in [1.82, 2.24) is 5.32 Å². The van der Waals surface area contributed by atoms with Gasteiger partial charge in [0.05, 0.1) is 20.1 Å². The van der Waals surface area contributed by atoms with Crippen molar-refractivity contribution in [2.75, 3.05) is 0 Å². The van der Waals surface area contributed by atoms with E-state index in [1.54, 1.807) is 0 Å². The lowest BCUT2D eigenvalue weighted by molar-refractivity contribution is -0.173. The SMILES string of the molecule is Cc1cc2c3c(c1Br)OC14NC3(Oc3c(Br)c(C)cc(c31)C1C(C(C)C)CCC1(C)CC4=O)C(=O)CC1(C)CCC(C(C)C)C21. The summed E-state index contributed by atoms with van der Waals surface area (Å²) < 4.78 is 16.1. The van der Waals surface area contributed by atoms with Crippen molar-refractivity contribution in [1.29, 1.82) is 0 Å². The number of ketones is 2. The highest BCUT2D eigenvalue weighted by Crippen LogP contribution is 2.68. The second-order valence-electron chi connectivity index (χ2n) is 16.6. The Morgan fingerprint density at radius 1 is 0.733 bits per heavy atom. The van der Waals surface area contributed by atoms with E-state index in [2.05, 4.69) is 105 Å². The van der Waals surface area contributed by atoms with Crippen molar-refractivity contribution in [3.8, 4) is 11.5 Å². The summed E-state index contributed by atoms with van der Waals surface area (Å²) in [6.45, 7) is 18.0. The van der Waals surface area contributed by atoms with Gasteiger partial charge in [-0.1, -0.05) is 53.7 Å². The van der Waals surface area contributed by atoms with Crippen LogP contribution in [0.5, 0.6) is 11.5 Å². The molecule has 2 aromatic rings. The lowest BCUT2D eigenvalue weighted by Gasteiger charge is -2.53. The van der Waals surface area contributed by atoms with Crippen LogP contribution >= 0.6 is 31.9 Å². The third kappa shape index (κ3) is 3.70. The molecule has 2 aromatic carbocycles. The molecular weight excluding hydrogens is 694 g/mol. The third-order valence-corrected chi connectivity index (χ3v) is 15.2. The van der Waals surface area contributed by atoms with Crippen molar-refractivity contribution in [2.24, 2.45) is 34.5 Å². The van der Waals surface area contributed by atoms with Gasteiger partial charge in [-0.25, -0.2) is 5.32 Å². The first-order valence-corrected chi connectivity index (χ1v) is 18.6. The highest BCUT2D eigenvalue weighted by Gasteiger charge is 2.70. The maximum atomic E-state index is 15.1. The number of hydrogen-bond acceptors (Lipinski definition) is 5. The molecule has 0 amide bonds. The van der Waals surface area contributed by atoms with Gasteiger partial charge in [0.2, 0.25) is 0 Å². The van der Waals surface area contributed by atoms with Gasteiger partial charge in [-0.2, -0.15) is 0 Å². The molecular formula is C38H45Br2NO4. The summed E-state index contributed by atoms with van der Waals surface area (Å²) in [4.78, 5) is 30.2. The summed E-state index contributed by atoms with van der Waals surface area (Å²) in [6, 6.07) is 4.53. The van der Waals surface area contributed by atoms with Crippen LogP contribution < -0.4 is 14.8 Å². The number of carbonyl (C=O) groups excluding carboxylic acids is 2. The first-order chi connectivity index (χ1) is 21.1. The average Bonchev–Trinajstić information content (AvgIpc) is 3.45. The topological polar surface area (TPSA) is 64.6 Å². The molecule has 6 aliphatic rings. The Balaban J connectivity index is 1.48. The zero-order valence-corrected chi connectivity index (χ0v) is 30.9. The van der Waals surface area contributed by atoms with Crippen LogP contribution in [0.25, 0.3) is 0 Å². The number of fused-ring (bicyclic) bond motifs is 4. The fraction of sp³-hybridized carbons (Fsp3) is 0.632. The molecule has 7 heteroatoms. The molecule has 1 N–H and O–H groups in total. The van der Waals surface area contributed by atoms with Gasteiger partial charge in [0.25, 0.3) is 11.4 Å². The Kier molecular flexibility index (Phi) is 6.44. The normalized spacial score (nSPS) is 39.0. The number of hydrogen-bond donors (Lipinski definition) is 1. The molecule has 2 fully saturated rings. The predicted molar refractivity (Wildman–Crippen MR) is 182 cm³/mol. The largest absolute Gasteiger partial charge is 0.459 e. The first kappa shape index (κ1) is 30.6. The molecule has 2 saturated carbocycles. The number of ether oxygens (including phenoxy) is 2. The predicted octanol–water partition coefficient (Wildman–Crippen LogP) is 9.47. The van der Waals surface area contributed by atoms with Crippen LogP contribution in [0.1, 0.15) is 125 Å². The Hall–Kier alpha value is -1.70. The van der Waals surface area contributed by atoms with Crippen molar-refractivity contribution in [3.05, 3.63) is 54.5 Å². The molecule has 5 nitrogen and oxygen atoms in total.